The first-order valence-electron chi connectivity index (χ1n) is 8.06. The van der Waals surface area contributed by atoms with Gasteiger partial charge in [-0.25, -0.2) is 0 Å². The molecule has 0 saturated heterocycles. The fraction of sp³-hybridized carbons (Fsp3) is 0.500. The molecule has 3 atom stereocenters. The third-order valence-corrected chi connectivity index (χ3v) is 5.77. The van der Waals surface area contributed by atoms with E-state index in [2.05, 4.69) is 24.0 Å². The molecule has 1 aromatic carbocycles. The number of para-hydroxylation sites is 1. The number of hydrogen-bond acceptors (Lipinski definition) is 3. The van der Waals surface area contributed by atoms with Crippen LogP contribution in [0.2, 0.25) is 0 Å². The summed E-state index contributed by atoms with van der Waals surface area (Å²) in [4.78, 5) is 14.3. The molecule has 4 nitrogen and oxygen atoms in total. The highest BCUT2D eigenvalue weighted by atomic mass is 16.1. The van der Waals surface area contributed by atoms with Crippen molar-refractivity contribution in [3.63, 3.8) is 0 Å². The minimum Gasteiger partial charge on any atom is -0.299 e. The van der Waals surface area contributed by atoms with E-state index in [1.54, 1.807) is 11.0 Å². The van der Waals surface area contributed by atoms with E-state index in [1.165, 1.54) is 0 Å². The summed E-state index contributed by atoms with van der Waals surface area (Å²) in [6.07, 6.45) is 4.64. The van der Waals surface area contributed by atoms with Crippen LogP contribution in [0, 0.1) is 23.2 Å². The van der Waals surface area contributed by atoms with Gasteiger partial charge in [-0.2, -0.15) is 15.0 Å². The minimum absolute atomic E-state index is 0.137. The molecule has 0 spiro atoms. The topological polar surface area (TPSA) is 47.8 Å². The lowest BCUT2D eigenvalue weighted by molar-refractivity contribution is -0.156. The van der Waals surface area contributed by atoms with Crippen LogP contribution in [0.3, 0.4) is 0 Å². The summed E-state index contributed by atoms with van der Waals surface area (Å²) >= 11 is 0. The molecular formula is C18H21N3O. The van der Waals surface area contributed by atoms with Crippen molar-refractivity contribution in [1.82, 2.24) is 15.0 Å². The lowest BCUT2D eigenvalue weighted by Gasteiger charge is -2.57. The van der Waals surface area contributed by atoms with Gasteiger partial charge in [-0.05, 0) is 36.3 Å². The molecule has 2 bridgehead atoms. The Balaban J connectivity index is 1.49. The van der Waals surface area contributed by atoms with Crippen molar-refractivity contribution in [1.29, 1.82) is 0 Å². The zero-order valence-corrected chi connectivity index (χ0v) is 13.1. The number of hydrogen-bond donors (Lipinski definition) is 0. The van der Waals surface area contributed by atoms with Gasteiger partial charge in [0.25, 0.3) is 0 Å². The van der Waals surface area contributed by atoms with Gasteiger partial charge < -0.3 is 0 Å². The molecule has 4 heteroatoms. The molecule has 22 heavy (non-hydrogen) atoms. The first kappa shape index (κ1) is 13.7. The van der Waals surface area contributed by atoms with Gasteiger partial charge in [0.05, 0.1) is 17.6 Å². The second kappa shape index (κ2) is 4.77. The average molecular weight is 295 g/mol. The zero-order chi connectivity index (χ0) is 15.3. The van der Waals surface area contributed by atoms with Crippen LogP contribution in [0.4, 0.5) is 0 Å². The van der Waals surface area contributed by atoms with Gasteiger partial charge in [-0.3, -0.25) is 4.79 Å². The number of Topliss-reactive ketones (excluding diaryl/α,β-unsaturated/α-hetero) is 1. The Morgan fingerprint density at radius 3 is 2.68 bits per heavy atom. The maximum atomic E-state index is 12.6. The monoisotopic (exact) mass is 295 g/mol. The van der Waals surface area contributed by atoms with Crippen LogP contribution in [0.25, 0.3) is 5.69 Å². The van der Waals surface area contributed by atoms with Crippen LogP contribution in [0.5, 0.6) is 0 Å². The van der Waals surface area contributed by atoms with Crippen molar-refractivity contribution in [3.8, 4) is 5.69 Å². The molecule has 3 fully saturated rings. The largest absolute Gasteiger partial charge is 0.299 e. The van der Waals surface area contributed by atoms with Crippen molar-refractivity contribution in [2.45, 2.75) is 33.1 Å². The van der Waals surface area contributed by atoms with E-state index in [4.69, 9.17) is 0 Å². The van der Waals surface area contributed by atoms with Crippen LogP contribution >= 0.6 is 0 Å². The normalized spacial score (nSPS) is 29.2. The first-order chi connectivity index (χ1) is 10.6. The van der Waals surface area contributed by atoms with Crippen molar-refractivity contribution in [2.75, 3.05) is 0 Å². The van der Waals surface area contributed by atoms with E-state index >= 15 is 0 Å². The molecule has 3 saturated carbocycles. The lowest BCUT2D eigenvalue weighted by atomic mass is 9.46. The smallest absolute Gasteiger partial charge is 0.139 e. The quantitative estimate of drug-likeness (QED) is 0.874. The van der Waals surface area contributed by atoms with Crippen LogP contribution in [-0.2, 0) is 11.2 Å². The standard InChI is InChI=1S/C18H21N3O/c1-18(2)13-8-12(17(22)16(18)10-13)9-14-11-19-21(20-14)15-6-4-3-5-7-15/h3-7,11-13,16H,8-10H2,1-2H3/t12-,13-,16-/m0/s1. The highest BCUT2D eigenvalue weighted by Crippen LogP contribution is 2.59. The number of rotatable bonds is 3. The van der Waals surface area contributed by atoms with Gasteiger partial charge in [0.15, 0.2) is 0 Å². The van der Waals surface area contributed by atoms with E-state index in [0.717, 1.165) is 30.6 Å². The Bertz CT molecular complexity index is 704. The Morgan fingerprint density at radius 1 is 1.23 bits per heavy atom. The summed E-state index contributed by atoms with van der Waals surface area (Å²) in [5.74, 6) is 1.55. The van der Waals surface area contributed by atoms with Crippen LogP contribution in [-0.4, -0.2) is 20.8 Å². The van der Waals surface area contributed by atoms with E-state index < -0.39 is 0 Å². The molecule has 3 aliphatic rings. The molecule has 0 amide bonds. The van der Waals surface area contributed by atoms with Gasteiger partial charge in [0.2, 0.25) is 0 Å². The number of fused-ring (bicyclic) bond motifs is 2. The molecule has 2 aromatic rings. The number of benzene rings is 1. The Labute approximate surface area is 130 Å². The van der Waals surface area contributed by atoms with Gasteiger partial charge in [0, 0.05) is 18.3 Å². The number of nitrogens with zero attached hydrogens (tertiary/aromatic N) is 3. The van der Waals surface area contributed by atoms with Crippen molar-refractivity contribution in [3.05, 3.63) is 42.2 Å². The lowest BCUT2D eigenvalue weighted by Crippen LogP contribution is -2.56. The predicted molar refractivity (Wildman–Crippen MR) is 83.6 cm³/mol. The summed E-state index contributed by atoms with van der Waals surface area (Å²) in [5, 5.41) is 8.87. The summed E-state index contributed by atoms with van der Waals surface area (Å²) in [6, 6.07) is 9.88. The summed E-state index contributed by atoms with van der Waals surface area (Å²) in [6.45, 7) is 4.48. The number of ketones is 1. The SMILES string of the molecule is CC1(C)[C@H]2C[C@@H](Cc3cnn(-c4ccccc4)n3)C(=O)[C@@H]1C2. The summed E-state index contributed by atoms with van der Waals surface area (Å²) in [7, 11) is 0. The van der Waals surface area contributed by atoms with Gasteiger partial charge >= 0.3 is 0 Å². The zero-order valence-electron chi connectivity index (χ0n) is 13.1. The third kappa shape index (κ3) is 2.01. The molecule has 1 heterocycles. The van der Waals surface area contributed by atoms with E-state index in [0.29, 0.717) is 11.7 Å². The Kier molecular flexibility index (Phi) is 2.96. The molecule has 114 valence electrons. The fourth-order valence-corrected chi connectivity index (χ4v) is 4.15. The Morgan fingerprint density at radius 2 is 2.00 bits per heavy atom. The van der Waals surface area contributed by atoms with Crippen LogP contribution in [0.1, 0.15) is 32.4 Å². The van der Waals surface area contributed by atoms with Crippen LogP contribution < -0.4 is 0 Å². The fourth-order valence-electron chi connectivity index (χ4n) is 4.15. The summed E-state index contributed by atoms with van der Waals surface area (Å²) in [5.41, 5.74) is 2.09. The van der Waals surface area contributed by atoms with E-state index in [-0.39, 0.29) is 17.3 Å². The maximum absolute atomic E-state index is 12.6. The second-order valence-electron chi connectivity index (χ2n) is 7.31. The predicted octanol–water partition coefficient (Wildman–Crippen LogP) is 3.06. The molecule has 0 N–H and O–H groups in total. The number of carbonyl (C=O) groups is 1. The Hall–Kier alpha value is -1.97. The number of carbonyl (C=O) groups excluding carboxylic acids is 1. The first-order valence-corrected chi connectivity index (χ1v) is 8.06. The molecule has 5 rings (SSSR count). The maximum Gasteiger partial charge on any atom is 0.139 e. The van der Waals surface area contributed by atoms with E-state index in [9.17, 15) is 4.79 Å². The van der Waals surface area contributed by atoms with Gasteiger partial charge in [-0.15, -0.1) is 0 Å². The van der Waals surface area contributed by atoms with Gasteiger partial charge in [0.1, 0.15) is 5.78 Å². The molecule has 0 radical (unpaired) electrons. The van der Waals surface area contributed by atoms with Crippen molar-refractivity contribution >= 4 is 5.78 Å². The van der Waals surface area contributed by atoms with E-state index in [1.807, 2.05) is 30.3 Å². The highest BCUT2D eigenvalue weighted by Gasteiger charge is 2.57. The second-order valence-corrected chi connectivity index (χ2v) is 7.31. The average Bonchev–Trinajstić information content (AvgIpc) is 2.98. The van der Waals surface area contributed by atoms with Gasteiger partial charge in [-0.1, -0.05) is 32.0 Å². The highest BCUT2D eigenvalue weighted by molar-refractivity contribution is 5.87. The summed E-state index contributed by atoms with van der Waals surface area (Å²) < 4.78 is 0. The third-order valence-electron chi connectivity index (χ3n) is 5.77. The molecule has 0 unspecified atom stereocenters. The minimum atomic E-state index is 0.137. The molecular weight excluding hydrogens is 274 g/mol. The number of aromatic nitrogens is 3. The molecule has 0 aliphatic heterocycles. The molecule has 3 aliphatic carbocycles. The van der Waals surface area contributed by atoms with Crippen molar-refractivity contribution in [2.24, 2.45) is 23.2 Å². The van der Waals surface area contributed by atoms with Crippen LogP contribution in [0.15, 0.2) is 36.5 Å². The molecule has 1 aromatic heterocycles. The van der Waals surface area contributed by atoms with Crippen molar-refractivity contribution < 1.29 is 4.79 Å².